The highest BCUT2D eigenvalue weighted by atomic mass is 16.5. The lowest BCUT2D eigenvalue weighted by molar-refractivity contribution is 0.0410. The molecule has 2 heteroatoms. The second-order valence-electron chi connectivity index (χ2n) is 4.47. The Labute approximate surface area is 82.0 Å². The molecular weight excluding hydrogens is 162 g/mol. The van der Waals surface area contributed by atoms with Crippen molar-refractivity contribution in [1.82, 2.24) is 5.32 Å². The standard InChI is InChI=1S/C11H23NO/c1-9(2)8-12-10-6-4-5-7-11(10)13-3/h9-12H,4-8H2,1-3H3. The molecule has 0 aromatic rings. The molecule has 0 radical (unpaired) electrons. The molecule has 0 aromatic heterocycles. The lowest BCUT2D eigenvalue weighted by Crippen LogP contribution is -2.44. The van der Waals surface area contributed by atoms with Crippen LogP contribution in [0.1, 0.15) is 39.5 Å². The summed E-state index contributed by atoms with van der Waals surface area (Å²) in [5.74, 6) is 0.736. The maximum Gasteiger partial charge on any atom is 0.0724 e. The van der Waals surface area contributed by atoms with E-state index in [0.29, 0.717) is 12.1 Å². The molecule has 2 unspecified atom stereocenters. The van der Waals surface area contributed by atoms with Crippen LogP contribution in [0.25, 0.3) is 0 Å². The minimum absolute atomic E-state index is 0.451. The van der Waals surface area contributed by atoms with Crippen molar-refractivity contribution in [2.75, 3.05) is 13.7 Å². The lowest BCUT2D eigenvalue weighted by atomic mass is 9.92. The van der Waals surface area contributed by atoms with E-state index < -0.39 is 0 Å². The predicted octanol–water partition coefficient (Wildman–Crippen LogP) is 2.19. The number of hydrogen-bond acceptors (Lipinski definition) is 2. The van der Waals surface area contributed by atoms with Crippen molar-refractivity contribution >= 4 is 0 Å². The molecule has 0 heterocycles. The normalized spacial score (nSPS) is 29.5. The molecule has 1 rings (SSSR count). The molecule has 0 amide bonds. The summed E-state index contributed by atoms with van der Waals surface area (Å²) in [6, 6.07) is 0.598. The van der Waals surface area contributed by atoms with Crippen molar-refractivity contribution < 1.29 is 4.74 Å². The van der Waals surface area contributed by atoms with Gasteiger partial charge in [-0.2, -0.15) is 0 Å². The van der Waals surface area contributed by atoms with Crippen molar-refractivity contribution in [3.63, 3.8) is 0 Å². The topological polar surface area (TPSA) is 21.3 Å². The quantitative estimate of drug-likeness (QED) is 0.725. The molecule has 2 nitrogen and oxygen atoms in total. The molecule has 0 aliphatic heterocycles. The monoisotopic (exact) mass is 185 g/mol. The molecule has 0 bridgehead atoms. The Balaban J connectivity index is 2.27. The van der Waals surface area contributed by atoms with Gasteiger partial charge in [0.25, 0.3) is 0 Å². The third kappa shape index (κ3) is 3.65. The maximum atomic E-state index is 5.47. The summed E-state index contributed by atoms with van der Waals surface area (Å²) in [5.41, 5.74) is 0. The second kappa shape index (κ2) is 5.61. The highest BCUT2D eigenvalue weighted by Gasteiger charge is 2.24. The molecule has 13 heavy (non-hydrogen) atoms. The highest BCUT2D eigenvalue weighted by molar-refractivity contribution is 4.81. The van der Waals surface area contributed by atoms with Gasteiger partial charge in [0.2, 0.25) is 0 Å². The average molecular weight is 185 g/mol. The van der Waals surface area contributed by atoms with Crippen molar-refractivity contribution in [2.45, 2.75) is 51.7 Å². The van der Waals surface area contributed by atoms with E-state index in [1.165, 1.54) is 25.7 Å². The zero-order valence-corrected chi connectivity index (χ0v) is 9.18. The van der Waals surface area contributed by atoms with Crippen LogP contribution in [0.3, 0.4) is 0 Å². The van der Waals surface area contributed by atoms with Gasteiger partial charge in [-0.15, -0.1) is 0 Å². The van der Waals surface area contributed by atoms with E-state index in [2.05, 4.69) is 19.2 Å². The highest BCUT2D eigenvalue weighted by Crippen LogP contribution is 2.20. The van der Waals surface area contributed by atoms with Crippen LogP contribution < -0.4 is 5.32 Å². The summed E-state index contributed by atoms with van der Waals surface area (Å²) in [7, 11) is 1.83. The summed E-state index contributed by atoms with van der Waals surface area (Å²) >= 11 is 0. The number of hydrogen-bond donors (Lipinski definition) is 1. The van der Waals surface area contributed by atoms with Crippen molar-refractivity contribution in [1.29, 1.82) is 0 Å². The number of nitrogens with one attached hydrogen (secondary N) is 1. The molecule has 1 N–H and O–H groups in total. The van der Waals surface area contributed by atoms with Crippen LogP contribution in [-0.4, -0.2) is 25.8 Å². The largest absolute Gasteiger partial charge is 0.380 e. The molecule has 0 aromatic carbocycles. The zero-order chi connectivity index (χ0) is 9.68. The first kappa shape index (κ1) is 11.0. The van der Waals surface area contributed by atoms with E-state index >= 15 is 0 Å². The van der Waals surface area contributed by atoms with Gasteiger partial charge in [-0.25, -0.2) is 0 Å². The molecule has 0 saturated heterocycles. The van der Waals surface area contributed by atoms with Crippen molar-refractivity contribution in [2.24, 2.45) is 5.92 Å². The van der Waals surface area contributed by atoms with E-state index in [9.17, 15) is 0 Å². The average Bonchev–Trinajstić information content (AvgIpc) is 2.15. The van der Waals surface area contributed by atoms with Crippen LogP contribution in [0, 0.1) is 5.92 Å². The fourth-order valence-electron chi connectivity index (χ4n) is 2.00. The Morgan fingerprint density at radius 1 is 1.31 bits per heavy atom. The number of rotatable bonds is 4. The molecule has 2 atom stereocenters. The summed E-state index contributed by atoms with van der Waals surface area (Å²) in [6.07, 6.45) is 5.65. The van der Waals surface area contributed by atoms with E-state index in [1.807, 2.05) is 7.11 Å². The Hall–Kier alpha value is -0.0800. The molecule has 1 saturated carbocycles. The van der Waals surface area contributed by atoms with Gasteiger partial charge in [-0.1, -0.05) is 26.7 Å². The third-order valence-electron chi connectivity index (χ3n) is 2.79. The van der Waals surface area contributed by atoms with Gasteiger partial charge in [0.1, 0.15) is 0 Å². The van der Waals surface area contributed by atoms with Crippen LogP contribution in [0.15, 0.2) is 0 Å². The Bertz CT molecular complexity index is 136. The van der Waals surface area contributed by atoms with E-state index in [4.69, 9.17) is 4.74 Å². The molecular formula is C11H23NO. The zero-order valence-electron chi connectivity index (χ0n) is 9.18. The minimum atomic E-state index is 0.451. The van der Waals surface area contributed by atoms with Gasteiger partial charge < -0.3 is 10.1 Å². The smallest absolute Gasteiger partial charge is 0.0724 e. The van der Waals surface area contributed by atoms with Crippen LogP contribution in [0.4, 0.5) is 0 Å². The Morgan fingerprint density at radius 3 is 2.62 bits per heavy atom. The van der Waals surface area contributed by atoms with Crippen LogP contribution in [-0.2, 0) is 4.74 Å². The van der Waals surface area contributed by atoms with Crippen LogP contribution >= 0.6 is 0 Å². The van der Waals surface area contributed by atoms with Gasteiger partial charge in [-0.05, 0) is 25.3 Å². The molecule has 78 valence electrons. The first-order valence-electron chi connectivity index (χ1n) is 5.50. The summed E-state index contributed by atoms with van der Waals surface area (Å²) in [4.78, 5) is 0. The third-order valence-corrected chi connectivity index (χ3v) is 2.79. The van der Waals surface area contributed by atoms with Gasteiger partial charge in [0, 0.05) is 13.2 Å². The maximum absolute atomic E-state index is 5.47. The fourth-order valence-corrected chi connectivity index (χ4v) is 2.00. The van der Waals surface area contributed by atoms with E-state index in [0.717, 1.165) is 12.5 Å². The molecule has 0 spiro atoms. The minimum Gasteiger partial charge on any atom is -0.380 e. The molecule has 1 fully saturated rings. The summed E-state index contributed by atoms with van der Waals surface area (Å²) < 4.78 is 5.47. The summed E-state index contributed by atoms with van der Waals surface area (Å²) in [6.45, 7) is 5.61. The summed E-state index contributed by atoms with van der Waals surface area (Å²) in [5, 5.41) is 3.60. The van der Waals surface area contributed by atoms with Gasteiger partial charge in [0.15, 0.2) is 0 Å². The van der Waals surface area contributed by atoms with E-state index in [-0.39, 0.29) is 0 Å². The Kier molecular flexibility index (Phi) is 4.74. The Morgan fingerprint density at radius 2 is 2.00 bits per heavy atom. The SMILES string of the molecule is COC1CCCCC1NCC(C)C. The number of methoxy groups -OCH3 is 1. The fraction of sp³-hybridized carbons (Fsp3) is 1.00. The first-order chi connectivity index (χ1) is 6.24. The van der Waals surface area contributed by atoms with E-state index in [1.54, 1.807) is 0 Å². The first-order valence-corrected chi connectivity index (χ1v) is 5.50. The van der Waals surface area contributed by atoms with Crippen LogP contribution in [0.5, 0.6) is 0 Å². The van der Waals surface area contributed by atoms with Gasteiger partial charge in [-0.3, -0.25) is 0 Å². The second-order valence-corrected chi connectivity index (χ2v) is 4.47. The van der Waals surface area contributed by atoms with Crippen molar-refractivity contribution in [3.8, 4) is 0 Å². The predicted molar refractivity (Wildman–Crippen MR) is 55.9 cm³/mol. The van der Waals surface area contributed by atoms with Gasteiger partial charge >= 0.3 is 0 Å². The number of ether oxygens (including phenoxy) is 1. The lowest BCUT2D eigenvalue weighted by Gasteiger charge is -2.31. The van der Waals surface area contributed by atoms with Crippen molar-refractivity contribution in [3.05, 3.63) is 0 Å². The molecule has 1 aliphatic carbocycles. The van der Waals surface area contributed by atoms with Gasteiger partial charge in [0.05, 0.1) is 6.10 Å². The molecule has 1 aliphatic rings. The van der Waals surface area contributed by atoms with Crippen LogP contribution in [0.2, 0.25) is 0 Å².